The van der Waals surface area contributed by atoms with Crippen LogP contribution < -0.4 is 0 Å². The Morgan fingerprint density at radius 1 is 0.973 bits per heavy atom. The molecule has 0 fully saturated rings. The fourth-order valence-electron chi connectivity index (χ4n) is 5.59. The average Bonchev–Trinajstić information content (AvgIpc) is 2.95. The first-order valence-corrected chi connectivity index (χ1v) is 12.4. The lowest BCUT2D eigenvalue weighted by atomic mass is 9.66. The van der Waals surface area contributed by atoms with E-state index in [4.69, 9.17) is 9.97 Å². The molecule has 0 saturated heterocycles. The van der Waals surface area contributed by atoms with Crippen LogP contribution in [-0.2, 0) is 11.2 Å². The molecule has 0 aliphatic heterocycles. The standard InChI is InChI=1S/C31H23FN4O/c1-18-22-12-13-24-28(23-9-5-6-10-26(23)32)35-31(36-29(24)25(22)15-21(16-33)30(18)37)20-11-14-27(34-17-20)19-7-3-2-4-8-19/h2-11,14-15,17-18,22,25H,12-13H2,1H3. The topological polar surface area (TPSA) is 79.5 Å². The number of aromatic nitrogens is 3. The molecule has 6 heteroatoms. The van der Waals surface area contributed by atoms with Gasteiger partial charge in [0.2, 0.25) is 0 Å². The minimum atomic E-state index is -0.352. The molecule has 2 heterocycles. The van der Waals surface area contributed by atoms with E-state index in [0.29, 0.717) is 29.1 Å². The number of halogens is 1. The van der Waals surface area contributed by atoms with E-state index in [2.05, 4.69) is 11.1 Å². The molecule has 0 spiro atoms. The number of allylic oxidation sites excluding steroid dienone is 2. The fraction of sp³-hybridized carbons (Fsp3) is 0.194. The summed E-state index contributed by atoms with van der Waals surface area (Å²) in [5.41, 5.74) is 5.33. The van der Waals surface area contributed by atoms with Gasteiger partial charge in [-0.25, -0.2) is 14.4 Å². The molecular formula is C31H23FN4O. The van der Waals surface area contributed by atoms with Crippen LogP contribution in [0, 0.1) is 29.0 Å². The van der Waals surface area contributed by atoms with Crippen LogP contribution in [-0.4, -0.2) is 20.7 Å². The van der Waals surface area contributed by atoms with Crippen LogP contribution in [0.2, 0.25) is 0 Å². The van der Waals surface area contributed by atoms with Crippen molar-refractivity contribution < 1.29 is 9.18 Å². The Bertz CT molecular complexity index is 1590. The van der Waals surface area contributed by atoms with E-state index in [9.17, 15) is 10.1 Å². The van der Waals surface area contributed by atoms with Gasteiger partial charge in [-0.15, -0.1) is 0 Å². The number of rotatable bonds is 3. The summed E-state index contributed by atoms with van der Waals surface area (Å²) in [6.45, 7) is 1.89. The van der Waals surface area contributed by atoms with E-state index in [-0.39, 0.29) is 34.9 Å². The summed E-state index contributed by atoms with van der Waals surface area (Å²) in [7, 11) is 0. The monoisotopic (exact) mass is 486 g/mol. The molecule has 6 rings (SSSR count). The van der Waals surface area contributed by atoms with Gasteiger partial charge in [0.1, 0.15) is 11.9 Å². The van der Waals surface area contributed by atoms with Gasteiger partial charge in [-0.3, -0.25) is 9.78 Å². The molecule has 4 aromatic rings. The van der Waals surface area contributed by atoms with Crippen LogP contribution in [0.25, 0.3) is 33.9 Å². The lowest BCUT2D eigenvalue weighted by Crippen LogP contribution is -2.35. The SMILES string of the molecule is CC1C(=O)C(C#N)=CC2c3nc(-c4ccc(-c5ccccc5)nc4)nc(-c4ccccc4F)c3CCC12. The number of benzene rings is 2. The second kappa shape index (κ2) is 9.18. The summed E-state index contributed by atoms with van der Waals surface area (Å²) in [5, 5.41) is 9.61. The summed E-state index contributed by atoms with van der Waals surface area (Å²) in [4.78, 5) is 27.2. The third-order valence-corrected chi connectivity index (χ3v) is 7.55. The molecule has 5 nitrogen and oxygen atoms in total. The zero-order chi connectivity index (χ0) is 25.5. The Morgan fingerprint density at radius 3 is 2.49 bits per heavy atom. The predicted molar refractivity (Wildman–Crippen MR) is 139 cm³/mol. The van der Waals surface area contributed by atoms with Crippen molar-refractivity contribution in [2.45, 2.75) is 25.7 Å². The Morgan fingerprint density at radius 2 is 1.76 bits per heavy atom. The van der Waals surface area contributed by atoms with Crippen LogP contribution in [0.3, 0.4) is 0 Å². The normalized spacial score (nSPS) is 20.4. The number of fused-ring (bicyclic) bond motifs is 3. The molecule has 2 aliphatic carbocycles. The summed E-state index contributed by atoms with van der Waals surface area (Å²) in [6, 6.07) is 22.4. The molecule has 2 aliphatic rings. The number of nitrogens with zero attached hydrogens (tertiary/aromatic N) is 4. The Balaban J connectivity index is 1.53. The van der Waals surface area contributed by atoms with Crippen molar-refractivity contribution in [1.29, 1.82) is 5.26 Å². The first kappa shape index (κ1) is 22.9. The van der Waals surface area contributed by atoms with Crippen LogP contribution in [0.4, 0.5) is 4.39 Å². The Kier molecular flexibility index (Phi) is 5.69. The maximum absolute atomic E-state index is 15.0. The predicted octanol–water partition coefficient (Wildman–Crippen LogP) is 6.33. The van der Waals surface area contributed by atoms with Gasteiger partial charge in [-0.2, -0.15) is 5.26 Å². The third kappa shape index (κ3) is 3.93. The van der Waals surface area contributed by atoms with Gasteiger partial charge in [0.15, 0.2) is 11.6 Å². The van der Waals surface area contributed by atoms with Gasteiger partial charge in [-0.1, -0.05) is 55.5 Å². The van der Waals surface area contributed by atoms with Crippen LogP contribution in [0.1, 0.15) is 30.5 Å². The summed E-state index contributed by atoms with van der Waals surface area (Å²) >= 11 is 0. The van der Waals surface area contributed by atoms with Gasteiger partial charge in [0.25, 0.3) is 0 Å². The van der Waals surface area contributed by atoms with E-state index in [1.165, 1.54) is 6.07 Å². The highest BCUT2D eigenvalue weighted by Crippen LogP contribution is 2.47. The number of carbonyl (C=O) groups excluding carboxylic acids is 1. The molecule has 3 atom stereocenters. The van der Waals surface area contributed by atoms with Gasteiger partial charge in [0, 0.05) is 40.3 Å². The minimum Gasteiger partial charge on any atom is -0.293 e. The van der Waals surface area contributed by atoms with Crippen molar-refractivity contribution in [2.24, 2.45) is 11.8 Å². The first-order valence-electron chi connectivity index (χ1n) is 12.4. The number of Topliss-reactive ketones (excluding diaryl/α,β-unsaturated/α-hetero) is 1. The molecule has 0 saturated carbocycles. The largest absolute Gasteiger partial charge is 0.293 e. The highest BCUT2D eigenvalue weighted by Gasteiger charge is 2.42. The average molecular weight is 487 g/mol. The molecule has 0 radical (unpaired) electrons. The molecule has 3 unspecified atom stereocenters. The Hall–Kier alpha value is -4.50. The Labute approximate surface area is 214 Å². The maximum atomic E-state index is 15.0. The number of ketones is 1. The highest BCUT2D eigenvalue weighted by molar-refractivity contribution is 6.01. The van der Waals surface area contributed by atoms with Gasteiger partial charge < -0.3 is 0 Å². The van der Waals surface area contributed by atoms with E-state index in [0.717, 1.165) is 28.9 Å². The molecule has 37 heavy (non-hydrogen) atoms. The summed E-state index contributed by atoms with van der Waals surface area (Å²) < 4.78 is 15.0. The van der Waals surface area contributed by atoms with Crippen molar-refractivity contribution in [2.75, 3.05) is 0 Å². The lowest BCUT2D eigenvalue weighted by molar-refractivity contribution is -0.120. The van der Waals surface area contributed by atoms with Crippen molar-refractivity contribution in [1.82, 2.24) is 15.0 Å². The van der Waals surface area contributed by atoms with E-state index < -0.39 is 0 Å². The number of hydrogen-bond acceptors (Lipinski definition) is 5. The van der Waals surface area contributed by atoms with Crippen LogP contribution in [0.5, 0.6) is 0 Å². The minimum absolute atomic E-state index is 0.0342. The fourth-order valence-corrected chi connectivity index (χ4v) is 5.59. The van der Waals surface area contributed by atoms with E-state index >= 15 is 4.39 Å². The van der Waals surface area contributed by atoms with Gasteiger partial charge in [-0.05, 0) is 43.0 Å². The first-order chi connectivity index (χ1) is 18.0. The van der Waals surface area contributed by atoms with Crippen LogP contribution >= 0.6 is 0 Å². The molecule has 0 N–H and O–H groups in total. The molecule has 2 aromatic heterocycles. The third-order valence-electron chi connectivity index (χ3n) is 7.55. The molecular weight excluding hydrogens is 463 g/mol. The summed E-state index contributed by atoms with van der Waals surface area (Å²) in [6.07, 6.45) is 4.87. The zero-order valence-corrected chi connectivity index (χ0v) is 20.2. The van der Waals surface area contributed by atoms with Crippen molar-refractivity contribution in [3.8, 4) is 40.0 Å². The van der Waals surface area contributed by atoms with Crippen molar-refractivity contribution in [3.05, 3.63) is 102 Å². The number of nitriles is 1. The van der Waals surface area contributed by atoms with Crippen molar-refractivity contribution >= 4 is 5.78 Å². The second-order valence-electron chi connectivity index (χ2n) is 9.61. The molecule has 2 aromatic carbocycles. The zero-order valence-electron chi connectivity index (χ0n) is 20.2. The number of hydrogen-bond donors (Lipinski definition) is 0. The molecule has 180 valence electrons. The quantitative estimate of drug-likeness (QED) is 0.338. The van der Waals surface area contributed by atoms with Crippen LogP contribution in [0.15, 0.2) is 84.6 Å². The smallest absolute Gasteiger partial charge is 0.176 e. The number of carbonyl (C=O) groups is 1. The lowest BCUT2D eigenvalue weighted by Gasteiger charge is -2.38. The van der Waals surface area contributed by atoms with E-state index in [1.807, 2.05) is 49.4 Å². The van der Waals surface area contributed by atoms with Gasteiger partial charge in [0.05, 0.1) is 22.7 Å². The molecule has 0 amide bonds. The van der Waals surface area contributed by atoms with Gasteiger partial charge >= 0.3 is 0 Å². The second-order valence-corrected chi connectivity index (χ2v) is 9.61. The molecule has 0 bridgehead atoms. The maximum Gasteiger partial charge on any atom is 0.176 e. The van der Waals surface area contributed by atoms with E-state index in [1.54, 1.807) is 30.5 Å². The number of pyridine rings is 1. The summed E-state index contributed by atoms with van der Waals surface area (Å²) in [5.74, 6) is -0.478. The van der Waals surface area contributed by atoms with Crippen molar-refractivity contribution in [3.63, 3.8) is 0 Å². The highest BCUT2D eigenvalue weighted by atomic mass is 19.1.